The first-order chi connectivity index (χ1) is 13.2. The van der Waals surface area contributed by atoms with Gasteiger partial charge in [0.15, 0.2) is 0 Å². The van der Waals surface area contributed by atoms with Gasteiger partial charge in [0.1, 0.15) is 18.4 Å². The Morgan fingerprint density at radius 3 is 2.36 bits per heavy atom. The van der Waals surface area contributed by atoms with Crippen LogP contribution in [0.4, 0.5) is 0 Å². The summed E-state index contributed by atoms with van der Waals surface area (Å²) in [5, 5.41) is 8.75. The van der Waals surface area contributed by atoms with Gasteiger partial charge >= 0.3 is 0 Å². The molecule has 148 valence electrons. The first kappa shape index (κ1) is 19.9. The molecule has 1 aliphatic rings. The molecule has 6 nitrogen and oxygen atoms in total. The van der Waals surface area contributed by atoms with Crippen molar-refractivity contribution in [3.8, 4) is 5.75 Å². The van der Waals surface area contributed by atoms with Crippen LogP contribution in [-0.4, -0.2) is 34.5 Å². The summed E-state index contributed by atoms with van der Waals surface area (Å²) in [7, 11) is 0. The molecule has 2 N–H and O–H groups in total. The number of hydrogen-bond acceptors (Lipinski definition) is 4. The SMILES string of the molecule is Cc1cc(C)cc(COc2ccc(C3(C)CN([C@H](C)C(=O)NO)C3=O)cc2)c1. The highest BCUT2D eigenvalue weighted by atomic mass is 16.5. The number of likely N-dealkylation sites (tertiary alicyclic amines) is 1. The van der Waals surface area contributed by atoms with Gasteiger partial charge in [0, 0.05) is 6.54 Å². The second-order valence-corrected chi connectivity index (χ2v) is 7.73. The Kier molecular flexibility index (Phi) is 5.42. The van der Waals surface area contributed by atoms with E-state index in [1.807, 2.05) is 31.2 Å². The van der Waals surface area contributed by atoms with Crippen molar-refractivity contribution in [2.45, 2.75) is 45.8 Å². The molecular weight excluding hydrogens is 356 g/mol. The van der Waals surface area contributed by atoms with Gasteiger partial charge < -0.3 is 9.64 Å². The summed E-state index contributed by atoms with van der Waals surface area (Å²) >= 11 is 0. The van der Waals surface area contributed by atoms with Crippen LogP contribution in [0.2, 0.25) is 0 Å². The maximum atomic E-state index is 12.6. The number of carbonyl (C=O) groups is 2. The Morgan fingerprint density at radius 2 is 1.82 bits per heavy atom. The fraction of sp³-hybridized carbons (Fsp3) is 0.364. The largest absolute Gasteiger partial charge is 0.489 e. The fourth-order valence-corrected chi connectivity index (χ4v) is 3.71. The molecule has 1 fully saturated rings. The number of ether oxygens (including phenoxy) is 1. The zero-order valence-corrected chi connectivity index (χ0v) is 16.7. The number of carbonyl (C=O) groups excluding carboxylic acids is 2. The number of hydroxylamine groups is 1. The van der Waals surface area contributed by atoms with Gasteiger partial charge in [0.2, 0.25) is 5.91 Å². The minimum Gasteiger partial charge on any atom is -0.489 e. The summed E-state index contributed by atoms with van der Waals surface area (Å²) in [6.07, 6.45) is 0. The Bertz CT molecular complexity index is 874. The van der Waals surface area contributed by atoms with Crippen LogP contribution in [0.5, 0.6) is 5.75 Å². The van der Waals surface area contributed by atoms with E-state index in [0.717, 1.165) is 16.9 Å². The molecule has 0 saturated carbocycles. The monoisotopic (exact) mass is 382 g/mol. The van der Waals surface area contributed by atoms with E-state index in [-0.39, 0.29) is 5.91 Å². The Morgan fingerprint density at radius 1 is 1.21 bits per heavy atom. The lowest BCUT2D eigenvalue weighted by Crippen LogP contribution is -2.67. The predicted octanol–water partition coefficient (Wildman–Crippen LogP) is 2.88. The molecule has 1 aliphatic heterocycles. The van der Waals surface area contributed by atoms with E-state index < -0.39 is 17.4 Å². The first-order valence-corrected chi connectivity index (χ1v) is 9.30. The van der Waals surface area contributed by atoms with Gasteiger partial charge in [-0.05, 0) is 51.0 Å². The zero-order chi connectivity index (χ0) is 20.5. The van der Waals surface area contributed by atoms with E-state index in [1.54, 1.807) is 12.4 Å². The summed E-state index contributed by atoms with van der Waals surface area (Å²) in [6, 6.07) is 13.1. The van der Waals surface area contributed by atoms with Crippen molar-refractivity contribution in [1.82, 2.24) is 10.4 Å². The Hall–Kier alpha value is -2.86. The van der Waals surface area contributed by atoms with Gasteiger partial charge in [-0.1, -0.05) is 41.5 Å². The third-order valence-electron chi connectivity index (χ3n) is 5.36. The van der Waals surface area contributed by atoms with Crippen LogP contribution < -0.4 is 10.2 Å². The van der Waals surface area contributed by atoms with Gasteiger partial charge in [-0.15, -0.1) is 0 Å². The van der Waals surface area contributed by atoms with Crippen molar-refractivity contribution in [1.29, 1.82) is 0 Å². The zero-order valence-electron chi connectivity index (χ0n) is 16.7. The van der Waals surface area contributed by atoms with Crippen LogP contribution in [-0.2, 0) is 21.6 Å². The average Bonchev–Trinajstić information content (AvgIpc) is 2.68. The minimum atomic E-state index is -0.703. The molecule has 2 amide bonds. The smallest absolute Gasteiger partial charge is 0.265 e. The van der Waals surface area contributed by atoms with Crippen molar-refractivity contribution >= 4 is 11.8 Å². The molecular formula is C22H26N2O4. The summed E-state index contributed by atoms with van der Waals surface area (Å²) < 4.78 is 5.88. The number of β-lactam (4-membered cyclic amide) rings is 1. The second-order valence-electron chi connectivity index (χ2n) is 7.73. The van der Waals surface area contributed by atoms with Gasteiger partial charge in [-0.2, -0.15) is 0 Å². The van der Waals surface area contributed by atoms with Crippen molar-refractivity contribution in [3.63, 3.8) is 0 Å². The summed E-state index contributed by atoms with van der Waals surface area (Å²) in [5.41, 5.74) is 5.34. The molecule has 1 unspecified atom stereocenters. The number of hydrogen-bond donors (Lipinski definition) is 2. The van der Waals surface area contributed by atoms with Gasteiger partial charge in [0.05, 0.1) is 5.41 Å². The first-order valence-electron chi connectivity index (χ1n) is 9.30. The van der Waals surface area contributed by atoms with E-state index in [0.29, 0.717) is 13.2 Å². The normalized spacial score (nSPS) is 19.8. The van der Waals surface area contributed by atoms with E-state index in [2.05, 4.69) is 32.0 Å². The molecule has 3 rings (SSSR count). The van der Waals surface area contributed by atoms with Crippen LogP contribution in [0.25, 0.3) is 0 Å². The fourth-order valence-electron chi connectivity index (χ4n) is 3.71. The number of nitrogens with one attached hydrogen (secondary N) is 1. The molecule has 1 saturated heterocycles. The van der Waals surface area contributed by atoms with Crippen molar-refractivity contribution in [3.05, 3.63) is 64.7 Å². The maximum Gasteiger partial charge on any atom is 0.265 e. The van der Waals surface area contributed by atoms with Gasteiger partial charge in [-0.3, -0.25) is 14.8 Å². The summed E-state index contributed by atoms with van der Waals surface area (Å²) in [6.45, 7) is 8.49. The number of aryl methyl sites for hydroxylation is 2. The third-order valence-corrected chi connectivity index (χ3v) is 5.36. The van der Waals surface area contributed by atoms with Crippen molar-refractivity contribution in [2.75, 3.05) is 6.54 Å². The van der Waals surface area contributed by atoms with E-state index in [9.17, 15) is 9.59 Å². The highest BCUT2D eigenvalue weighted by Crippen LogP contribution is 2.37. The molecule has 2 atom stereocenters. The average molecular weight is 382 g/mol. The van der Waals surface area contributed by atoms with Crippen LogP contribution in [0.3, 0.4) is 0 Å². The van der Waals surface area contributed by atoms with Crippen LogP contribution in [0.15, 0.2) is 42.5 Å². The van der Waals surface area contributed by atoms with Gasteiger partial charge in [0.25, 0.3) is 5.91 Å². The summed E-state index contributed by atoms with van der Waals surface area (Å²) in [5.74, 6) is 0.0150. The van der Waals surface area contributed by atoms with E-state index >= 15 is 0 Å². The number of rotatable bonds is 6. The number of nitrogens with zero attached hydrogens (tertiary/aromatic N) is 1. The Labute approximate surface area is 165 Å². The lowest BCUT2D eigenvalue weighted by atomic mass is 9.74. The molecule has 0 aromatic heterocycles. The molecule has 2 aromatic rings. The molecule has 0 radical (unpaired) electrons. The van der Waals surface area contributed by atoms with E-state index in [1.165, 1.54) is 16.0 Å². The minimum absolute atomic E-state index is 0.132. The standard InChI is InChI=1S/C22H26N2O4/c1-14-9-15(2)11-17(10-14)12-28-19-7-5-18(6-8-19)22(4)13-24(21(22)26)16(3)20(25)23-27/h5-11,16,27H,12-13H2,1-4H3,(H,23,25)/t16-,22?/m1/s1. The molecule has 0 bridgehead atoms. The van der Waals surface area contributed by atoms with Crippen LogP contribution in [0, 0.1) is 13.8 Å². The highest BCUT2D eigenvalue weighted by molar-refractivity contribution is 5.97. The molecule has 0 spiro atoms. The molecule has 2 aromatic carbocycles. The lowest BCUT2D eigenvalue weighted by Gasteiger charge is -2.49. The number of benzene rings is 2. The number of amides is 2. The summed E-state index contributed by atoms with van der Waals surface area (Å²) in [4.78, 5) is 25.6. The highest BCUT2D eigenvalue weighted by Gasteiger charge is 2.52. The quantitative estimate of drug-likeness (QED) is 0.457. The lowest BCUT2D eigenvalue weighted by molar-refractivity contribution is -0.159. The van der Waals surface area contributed by atoms with Crippen LogP contribution >= 0.6 is 0 Å². The topological polar surface area (TPSA) is 78.9 Å². The maximum absolute atomic E-state index is 12.6. The molecule has 6 heteroatoms. The third kappa shape index (κ3) is 3.73. The van der Waals surface area contributed by atoms with Crippen molar-refractivity contribution in [2.24, 2.45) is 0 Å². The van der Waals surface area contributed by atoms with Crippen molar-refractivity contribution < 1.29 is 19.5 Å². The van der Waals surface area contributed by atoms with Crippen LogP contribution in [0.1, 0.15) is 36.1 Å². The Balaban J connectivity index is 1.64. The predicted molar refractivity (Wildman–Crippen MR) is 105 cm³/mol. The van der Waals surface area contributed by atoms with E-state index in [4.69, 9.17) is 9.94 Å². The van der Waals surface area contributed by atoms with Gasteiger partial charge in [-0.25, -0.2) is 5.48 Å². The molecule has 28 heavy (non-hydrogen) atoms. The molecule has 0 aliphatic carbocycles. The second kappa shape index (κ2) is 7.64. The molecule has 1 heterocycles.